The molecule has 4 rings (SSSR count). The van der Waals surface area contributed by atoms with Gasteiger partial charge in [0, 0.05) is 17.0 Å². The molecule has 0 aliphatic rings. The molecule has 5 nitrogen and oxygen atoms in total. The average molecular weight is 372 g/mol. The Hall–Kier alpha value is -3.11. The second kappa shape index (κ2) is 5.19. The van der Waals surface area contributed by atoms with E-state index >= 15 is 0 Å². The Kier molecular flexibility index (Phi) is 3.27. The summed E-state index contributed by atoms with van der Waals surface area (Å²) in [7, 11) is 0. The Bertz CT molecular complexity index is 1110. The number of aromatic nitrogens is 4. The summed E-state index contributed by atoms with van der Waals surface area (Å²) in [4.78, 5) is 3.46. The van der Waals surface area contributed by atoms with Crippen molar-refractivity contribution in [2.75, 3.05) is 0 Å². The van der Waals surface area contributed by atoms with E-state index in [0.717, 1.165) is 12.5 Å². The highest BCUT2D eigenvalue weighted by Crippen LogP contribution is 2.40. The quantitative estimate of drug-likeness (QED) is 0.458. The second-order valence-corrected chi connectivity index (χ2v) is 5.36. The van der Waals surface area contributed by atoms with Crippen molar-refractivity contribution in [2.45, 2.75) is 12.4 Å². The third-order valence-corrected chi connectivity index (χ3v) is 3.78. The molecule has 0 fully saturated rings. The number of hydrogen-bond acceptors (Lipinski definition) is 4. The van der Waals surface area contributed by atoms with E-state index in [1.165, 1.54) is 22.9 Å². The number of alkyl halides is 6. The predicted molar refractivity (Wildman–Crippen MR) is 76.4 cm³/mol. The molecule has 4 aromatic rings. The molecule has 0 saturated carbocycles. The summed E-state index contributed by atoms with van der Waals surface area (Å²) in [6.45, 7) is 0. The van der Waals surface area contributed by atoms with Gasteiger partial charge < -0.3 is 4.42 Å². The molecule has 0 bridgehead atoms. The van der Waals surface area contributed by atoms with E-state index < -0.39 is 34.5 Å². The number of hydrogen-bond donors (Lipinski definition) is 0. The molecular weight excluding hydrogens is 366 g/mol. The molecule has 134 valence electrons. The molecule has 0 amide bonds. The minimum atomic E-state index is -5.04. The van der Waals surface area contributed by atoms with Crippen LogP contribution in [-0.4, -0.2) is 19.7 Å². The number of nitrogens with zero attached hydrogens (tertiary/aromatic N) is 4. The van der Waals surface area contributed by atoms with E-state index in [1.54, 1.807) is 0 Å². The van der Waals surface area contributed by atoms with Crippen molar-refractivity contribution in [1.29, 1.82) is 0 Å². The average Bonchev–Trinajstić information content (AvgIpc) is 3.20. The minimum Gasteiger partial charge on any atom is -0.410 e. The van der Waals surface area contributed by atoms with Gasteiger partial charge in [-0.1, -0.05) is 17.2 Å². The molecule has 0 unspecified atom stereocenters. The largest absolute Gasteiger partial charge is 0.433 e. The first-order valence-electron chi connectivity index (χ1n) is 7.02. The zero-order valence-corrected chi connectivity index (χ0v) is 12.4. The van der Waals surface area contributed by atoms with Crippen LogP contribution in [0.5, 0.6) is 0 Å². The molecule has 0 saturated heterocycles. The Morgan fingerprint density at radius 1 is 0.962 bits per heavy atom. The Morgan fingerprint density at radius 2 is 1.73 bits per heavy atom. The van der Waals surface area contributed by atoms with Crippen LogP contribution < -0.4 is 0 Å². The van der Waals surface area contributed by atoms with Gasteiger partial charge in [-0.25, -0.2) is 4.98 Å². The van der Waals surface area contributed by atoms with Crippen molar-refractivity contribution >= 4 is 21.8 Å². The monoisotopic (exact) mass is 372 g/mol. The van der Waals surface area contributed by atoms with Crippen molar-refractivity contribution in [2.24, 2.45) is 0 Å². The Labute approximate surface area is 139 Å². The summed E-state index contributed by atoms with van der Waals surface area (Å²) < 4.78 is 85.5. The van der Waals surface area contributed by atoms with Crippen LogP contribution in [0.3, 0.4) is 0 Å². The van der Waals surface area contributed by atoms with Crippen LogP contribution in [0.2, 0.25) is 0 Å². The van der Waals surface area contributed by atoms with Gasteiger partial charge in [-0.15, -0.1) is 5.10 Å². The van der Waals surface area contributed by atoms with E-state index in [0.29, 0.717) is 5.39 Å². The van der Waals surface area contributed by atoms with Gasteiger partial charge >= 0.3 is 18.4 Å². The third kappa shape index (κ3) is 2.47. The predicted octanol–water partition coefficient (Wildman–Crippen LogP) is 4.60. The Morgan fingerprint density at radius 3 is 2.35 bits per heavy atom. The normalized spacial score (nSPS) is 13.0. The van der Waals surface area contributed by atoms with Gasteiger partial charge in [-0.3, -0.25) is 4.57 Å². The smallest absolute Gasteiger partial charge is 0.410 e. The summed E-state index contributed by atoms with van der Waals surface area (Å²) >= 11 is 0. The molecule has 0 atom stereocenters. The molecule has 3 aromatic heterocycles. The lowest BCUT2D eigenvalue weighted by atomic mass is 10.0. The fraction of sp³-hybridized carbons (Fsp3) is 0.133. The minimum absolute atomic E-state index is 0.00310. The molecule has 3 heterocycles. The fourth-order valence-electron chi connectivity index (χ4n) is 2.72. The highest BCUT2D eigenvalue weighted by molar-refractivity contribution is 6.05. The zero-order valence-electron chi connectivity index (χ0n) is 12.4. The molecule has 11 heteroatoms. The van der Waals surface area contributed by atoms with Crippen molar-refractivity contribution < 1.29 is 30.8 Å². The van der Waals surface area contributed by atoms with Gasteiger partial charge in [-0.05, 0) is 12.1 Å². The molecule has 0 spiro atoms. The molecule has 0 aliphatic carbocycles. The second-order valence-electron chi connectivity index (χ2n) is 5.36. The number of halogens is 6. The fourth-order valence-corrected chi connectivity index (χ4v) is 2.72. The SMILES string of the molecule is FC(F)(F)c1cc(C(F)(F)F)c2ccc3ccn(-c4nnco4)c3c2n1. The van der Waals surface area contributed by atoms with Gasteiger partial charge in [0.15, 0.2) is 0 Å². The standard InChI is InChI=1S/C15H6F6N4O/c16-14(17,18)9-5-10(15(19,20)21)23-11-8(9)2-1-7-3-4-25(12(7)11)13-24-22-6-26-13/h1-6H. The lowest BCUT2D eigenvalue weighted by molar-refractivity contribution is -0.144. The maximum atomic E-state index is 13.3. The van der Waals surface area contributed by atoms with E-state index in [2.05, 4.69) is 15.2 Å². The van der Waals surface area contributed by atoms with Crippen LogP contribution in [0.25, 0.3) is 27.8 Å². The maximum absolute atomic E-state index is 13.3. The number of pyridine rings is 1. The first kappa shape index (κ1) is 16.4. The van der Waals surface area contributed by atoms with E-state index in [-0.39, 0.29) is 17.6 Å². The summed E-state index contributed by atoms with van der Waals surface area (Å²) in [6, 6.07) is 3.84. The molecule has 0 radical (unpaired) electrons. The lowest BCUT2D eigenvalue weighted by Gasteiger charge is -2.15. The number of benzene rings is 1. The topological polar surface area (TPSA) is 56.7 Å². The van der Waals surface area contributed by atoms with E-state index in [9.17, 15) is 26.3 Å². The first-order valence-corrected chi connectivity index (χ1v) is 7.02. The van der Waals surface area contributed by atoms with Gasteiger partial charge in [0.2, 0.25) is 6.39 Å². The highest BCUT2D eigenvalue weighted by Gasteiger charge is 2.39. The van der Waals surface area contributed by atoms with Crippen molar-refractivity contribution in [3.8, 4) is 6.01 Å². The van der Waals surface area contributed by atoms with Gasteiger partial charge in [-0.2, -0.15) is 26.3 Å². The van der Waals surface area contributed by atoms with Crippen LogP contribution in [-0.2, 0) is 12.4 Å². The highest BCUT2D eigenvalue weighted by atomic mass is 19.4. The summed E-state index contributed by atoms with van der Waals surface area (Å²) in [5, 5.41) is 7.00. The molecular formula is C15H6F6N4O. The summed E-state index contributed by atoms with van der Waals surface area (Å²) in [6.07, 6.45) is -7.65. The maximum Gasteiger partial charge on any atom is 0.433 e. The van der Waals surface area contributed by atoms with Gasteiger partial charge in [0.05, 0.1) is 16.6 Å². The van der Waals surface area contributed by atoms with Crippen molar-refractivity contribution in [3.63, 3.8) is 0 Å². The molecule has 0 N–H and O–H groups in total. The van der Waals surface area contributed by atoms with Crippen LogP contribution in [0.4, 0.5) is 26.3 Å². The third-order valence-electron chi connectivity index (χ3n) is 3.78. The van der Waals surface area contributed by atoms with E-state index in [4.69, 9.17) is 4.42 Å². The zero-order chi connectivity index (χ0) is 18.7. The van der Waals surface area contributed by atoms with Crippen LogP contribution in [0, 0.1) is 0 Å². The first-order chi connectivity index (χ1) is 12.2. The van der Waals surface area contributed by atoms with Crippen LogP contribution in [0.1, 0.15) is 11.3 Å². The molecule has 26 heavy (non-hydrogen) atoms. The van der Waals surface area contributed by atoms with Crippen LogP contribution >= 0.6 is 0 Å². The Balaban J connectivity index is 2.18. The molecule has 1 aromatic carbocycles. The van der Waals surface area contributed by atoms with Crippen molar-refractivity contribution in [3.05, 3.63) is 48.1 Å². The number of rotatable bonds is 1. The summed E-state index contributed by atoms with van der Waals surface area (Å²) in [5.41, 5.74) is -3.52. The lowest BCUT2D eigenvalue weighted by Crippen LogP contribution is -2.14. The van der Waals surface area contributed by atoms with Gasteiger partial charge in [0.1, 0.15) is 5.69 Å². The summed E-state index contributed by atoms with van der Waals surface area (Å²) in [5.74, 6) is 0. The van der Waals surface area contributed by atoms with E-state index in [1.807, 2.05) is 0 Å². The van der Waals surface area contributed by atoms with Crippen molar-refractivity contribution in [1.82, 2.24) is 19.7 Å². The van der Waals surface area contributed by atoms with Crippen LogP contribution in [0.15, 0.2) is 41.3 Å². The number of fused-ring (bicyclic) bond motifs is 3. The molecule has 0 aliphatic heterocycles. The van der Waals surface area contributed by atoms with Gasteiger partial charge in [0.25, 0.3) is 0 Å².